The number of amides is 1. The van der Waals surface area contributed by atoms with E-state index in [1.54, 1.807) is 11.8 Å². The van der Waals surface area contributed by atoms with Crippen molar-refractivity contribution >= 4 is 18.0 Å². The Bertz CT molecular complexity index is 693. The Morgan fingerprint density at radius 2 is 1.41 bits per heavy atom. The van der Waals surface area contributed by atoms with Gasteiger partial charge in [0.1, 0.15) is 5.60 Å². The van der Waals surface area contributed by atoms with E-state index in [1.165, 1.54) is 20.6 Å². The zero-order valence-electron chi connectivity index (χ0n) is 21.7. The molecule has 0 aromatic rings. The predicted molar refractivity (Wildman–Crippen MR) is 127 cm³/mol. The van der Waals surface area contributed by atoms with Crippen molar-refractivity contribution in [1.29, 1.82) is 0 Å². The molecule has 34 heavy (non-hydrogen) atoms. The molecule has 196 valence electrons. The van der Waals surface area contributed by atoms with Crippen LogP contribution in [0.25, 0.3) is 0 Å². The smallest absolute Gasteiger partial charge is 0.410 e. The van der Waals surface area contributed by atoms with Gasteiger partial charge in [0.15, 0.2) is 0 Å². The van der Waals surface area contributed by atoms with E-state index in [-0.39, 0.29) is 48.6 Å². The molecule has 0 radical (unpaired) electrons. The Labute approximate surface area is 203 Å². The first-order chi connectivity index (χ1) is 16.1. The van der Waals surface area contributed by atoms with Gasteiger partial charge in [0.2, 0.25) is 0 Å². The zero-order valence-corrected chi connectivity index (χ0v) is 21.7. The maximum absolute atomic E-state index is 12.3. The van der Waals surface area contributed by atoms with Crippen LogP contribution in [0, 0.1) is 11.8 Å². The minimum absolute atomic E-state index is 0.0344. The van der Waals surface area contributed by atoms with E-state index in [0.717, 1.165) is 44.9 Å². The maximum atomic E-state index is 12.3. The molecule has 4 aliphatic heterocycles. The van der Waals surface area contributed by atoms with E-state index < -0.39 is 5.60 Å². The molecule has 4 aliphatic rings. The molecule has 0 aromatic heterocycles. The Kier molecular flexibility index (Phi) is 10.6. The molecule has 0 aromatic carbocycles. The molecular weight excluding hydrogens is 440 g/mol. The maximum Gasteiger partial charge on any atom is 0.410 e. The number of methoxy groups -OCH3 is 2. The van der Waals surface area contributed by atoms with E-state index in [1.807, 2.05) is 20.8 Å². The summed E-state index contributed by atoms with van der Waals surface area (Å²) >= 11 is 0. The number of esters is 2. The number of piperidine rings is 2. The summed E-state index contributed by atoms with van der Waals surface area (Å²) in [6.07, 6.45) is 7.71. The van der Waals surface area contributed by atoms with Crippen LogP contribution in [0.3, 0.4) is 0 Å². The number of nitrogens with one attached hydrogen (secondary N) is 1. The summed E-state index contributed by atoms with van der Waals surface area (Å²) in [5, 5.41) is 11.0. The third-order valence-corrected chi connectivity index (χ3v) is 7.02. The largest absolute Gasteiger partial charge is 0.469 e. The number of aliphatic hydroxyl groups excluding tert-OH is 1. The summed E-state index contributed by atoms with van der Waals surface area (Å²) < 4.78 is 15.1. The van der Waals surface area contributed by atoms with E-state index in [4.69, 9.17) is 19.3 Å². The highest BCUT2D eigenvalue weighted by molar-refractivity contribution is 5.76. The van der Waals surface area contributed by atoms with Gasteiger partial charge >= 0.3 is 18.0 Å². The Balaban J connectivity index is 0.000000232. The summed E-state index contributed by atoms with van der Waals surface area (Å²) in [6.45, 7) is 7.50. The molecule has 9 nitrogen and oxygen atoms in total. The molecule has 4 heterocycles. The number of ether oxygens (including phenoxy) is 3. The van der Waals surface area contributed by atoms with E-state index in [0.29, 0.717) is 12.1 Å². The van der Waals surface area contributed by atoms with Crippen molar-refractivity contribution in [1.82, 2.24) is 10.2 Å². The summed E-state index contributed by atoms with van der Waals surface area (Å²) in [4.78, 5) is 37.2. The minimum atomic E-state index is -0.505. The second-order valence-corrected chi connectivity index (χ2v) is 10.5. The quantitative estimate of drug-likeness (QED) is 0.454. The van der Waals surface area contributed by atoms with Crippen molar-refractivity contribution in [3.63, 3.8) is 0 Å². The highest BCUT2D eigenvalue weighted by Crippen LogP contribution is 2.40. The first kappa shape index (κ1) is 28.4. The second kappa shape index (κ2) is 12.7. The molecule has 6 unspecified atom stereocenters. The summed E-state index contributed by atoms with van der Waals surface area (Å²) in [7, 11) is 2.88. The molecular formula is C25H44N2O7. The van der Waals surface area contributed by atoms with E-state index in [9.17, 15) is 14.4 Å². The predicted octanol–water partition coefficient (Wildman–Crippen LogP) is 3.03. The molecule has 4 saturated heterocycles. The van der Waals surface area contributed by atoms with Gasteiger partial charge in [0, 0.05) is 30.8 Å². The number of carbonyl (C=O) groups is 3. The lowest BCUT2D eigenvalue weighted by Crippen LogP contribution is -2.51. The summed E-state index contributed by atoms with van der Waals surface area (Å²) in [5.41, 5.74) is -0.505. The summed E-state index contributed by atoms with van der Waals surface area (Å²) in [5.74, 6) is -0.322. The van der Waals surface area contributed by atoms with Crippen LogP contribution < -0.4 is 5.32 Å². The molecule has 6 atom stereocenters. The average molecular weight is 485 g/mol. The number of nitrogens with zero attached hydrogens (tertiary/aromatic N) is 1. The van der Waals surface area contributed by atoms with Gasteiger partial charge in [-0.3, -0.25) is 9.59 Å². The molecule has 2 N–H and O–H groups in total. The first-order valence-electron chi connectivity index (χ1n) is 12.6. The molecule has 0 saturated carbocycles. The number of hydrogen-bond acceptors (Lipinski definition) is 8. The van der Waals surface area contributed by atoms with Gasteiger partial charge in [-0.1, -0.05) is 0 Å². The number of aliphatic hydroxyl groups is 1. The Morgan fingerprint density at radius 1 is 0.882 bits per heavy atom. The highest BCUT2D eigenvalue weighted by atomic mass is 16.6. The fourth-order valence-electron chi connectivity index (χ4n) is 5.59. The van der Waals surface area contributed by atoms with Gasteiger partial charge in [0.25, 0.3) is 0 Å². The van der Waals surface area contributed by atoms with Crippen molar-refractivity contribution < 1.29 is 33.7 Å². The van der Waals surface area contributed by atoms with Crippen molar-refractivity contribution in [2.45, 2.75) is 109 Å². The SMILES string of the molecule is CCO.COC(=O)C1CCC2CCC1N2.COC(=O)C1CCC2CCC1N2C(=O)OC(C)(C)C. The molecule has 4 fully saturated rings. The van der Waals surface area contributed by atoms with Crippen molar-refractivity contribution in [2.75, 3.05) is 20.8 Å². The fraction of sp³-hybridized carbons (Fsp3) is 0.880. The van der Waals surface area contributed by atoms with Crippen LogP contribution in [0.5, 0.6) is 0 Å². The second-order valence-electron chi connectivity index (χ2n) is 10.5. The highest BCUT2D eigenvalue weighted by Gasteiger charge is 2.49. The van der Waals surface area contributed by atoms with Crippen LogP contribution in [0.15, 0.2) is 0 Å². The summed E-state index contributed by atoms with van der Waals surface area (Å²) in [6, 6.07) is 1.24. The van der Waals surface area contributed by atoms with Gasteiger partial charge in [-0.25, -0.2) is 4.79 Å². The van der Waals surface area contributed by atoms with Crippen LogP contribution in [0.2, 0.25) is 0 Å². The third-order valence-electron chi connectivity index (χ3n) is 7.02. The van der Waals surface area contributed by atoms with Crippen LogP contribution in [-0.4, -0.2) is 78.6 Å². The zero-order chi connectivity index (χ0) is 25.5. The average Bonchev–Trinajstić information content (AvgIpc) is 3.30. The number of rotatable bonds is 2. The molecule has 9 heteroatoms. The number of fused-ring (bicyclic) bond motifs is 4. The lowest BCUT2D eigenvalue weighted by molar-refractivity contribution is -0.149. The van der Waals surface area contributed by atoms with Crippen LogP contribution in [0.4, 0.5) is 4.79 Å². The fourth-order valence-corrected chi connectivity index (χ4v) is 5.59. The Morgan fingerprint density at radius 3 is 2.00 bits per heavy atom. The van der Waals surface area contributed by atoms with Gasteiger partial charge < -0.3 is 29.5 Å². The first-order valence-corrected chi connectivity index (χ1v) is 12.6. The normalized spacial score (nSPS) is 31.3. The van der Waals surface area contributed by atoms with Crippen molar-refractivity contribution in [3.05, 3.63) is 0 Å². The molecule has 4 rings (SSSR count). The Hall–Kier alpha value is -1.87. The molecule has 1 amide bonds. The van der Waals surface area contributed by atoms with Gasteiger partial charge in [-0.2, -0.15) is 0 Å². The van der Waals surface area contributed by atoms with E-state index >= 15 is 0 Å². The van der Waals surface area contributed by atoms with Gasteiger partial charge in [0.05, 0.1) is 26.1 Å². The number of hydrogen-bond donors (Lipinski definition) is 2. The standard InChI is InChI=1S/C14H23NO4.C9H15NO2.C2H6O/c1-14(2,3)19-13(17)15-9-5-7-10(12(16)18-4)11(15)8-6-9;1-12-9(11)7-4-2-6-3-5-8(7)10-6;1-2-3/h9-11H,5-8H2,1-4H3;6-8,10H,2-5H2,1H3;3H,2H2,1H3. The van der Waals surface area contributed by atoms with Crippen molar-refractivity contribution in [2.24, 2.45) is 11.8 Å². The lowest BCUT2D eigenvalue weighted by Gasteiger charge is -2.39. The molecule has 4 bridgehead atoms. The number of carbonyl (C=O) groups excluding carboxylic acids is 3. The van der Waals surface area contributed by atoms with Crippen LogP contribution in [-0.2, 0) is 23.8 Å². The minimum Gasteiger partial charge on any atom is -0.469 e. The van der Waals surface area contributed by atoms with Crippen LogP contribution >= 0.6 is 0 Å². The van der Waals surface area contributed by atoms with Gasteiger partial charge in [-0.15, -0.1) is 0 Å². The molecule has 0 aliphatic carbocycles. The van der Waals surface area contributed by atoms with E-state index in [2.05, 4.69) is 5.32 Å². The van der Waals surface area contributed by atoms with Crippen LogP contribution in [0.1, 0.15) is 79.1 Å². The monoisotopic (exact) mass is 484 g/mol. The molecule has 0 spiro atoms. The topological polar surface area (TPSA) is 114 Å². The van der Waals surface area contributed by atoms with Crippen molar-refractivity contribution in [3.8, 4) is 0 Å². The van der Waals surface area contributed by atoms with Gasteiger partial charge in [-0.05, 0) is 79.1 Å². The third kappa shape index (κ3) is 7.31. The lowest BCUT2D eigenvalue weighted by atomic mass is 9.90.